The number of halogens is 3. The van der Waals surface area contributed by atoms with Gasteiger partial charge in [0.25, 0.3) is 17.4 Å². The second kappa shape index (κ2) is 9.86. The third-order valence-electron chi connectivity index (χ3n) is 5.68. The molecule has 36 heavy (non-hydrogen) atoms. The molecule has 3 aromatic rings. The molecule has 186 valence electrons. The molecule has 1 aliphatic heterocycles. The molecule has 1 aliphatic rings. The maximum atomic E-state index is 13.8. The zero-order chi connectivity index (χ0) is 26.1. The number of rotatable bonds is 6. The molecule has 0 spiro atoms. The molecular formula is C24H19ClF2N4O5. The number of carbonyl (C=O) groups excluding carboxylic acids is 3. The van der Waals surface area contributed by atoms with Crippen LogP contribution in [0.1, 0.15) is 27.9 Å². The second-order valence-electron chi connectivity index (χ2n) is 8.09. The lowest BCUT2D eigenvalue weighted by atomic mass is 10.1. The van der Waals surface area contributed by atoms with Gasteiger partial charge in [-0.15, -0.1) is 0 Å². The van der Waals surface area contributed by atoms with Crippen molar-refractivity contribution in [2.24, 2.45) is 0 Å². The van der Waals surface area contributed by atoms with Crippen molar-refractivity contribution in [1.82, 2.24) is 19.8 Å². The zero-order valence-corrected chi connectivity index (χ0v) is 19.8. The number of benzene rings is 2. The van der Waals surface area contributed by atoms with Crippen LogP contribution >= 0.6 is 11.6 Å². The predicted molar refractivity (Wildman–Crippen MR) is 124 cm³/mol. The maximum absolute atomic E-state index is 13.8. The fraction of sp³-hybridized carbons (Fsp3) is 0.208. The summed E-state index contributed by atoms with van der Waals surface area (Å²) in [5.74, 6) is -3.32. The van der Waals surface area contributed by atoms with Gasteiger partial charge in [0.15, 0.2) is 5.02 Å². The average Bonchev–Trinajstić information content (AvgIpc) is 3.08. The third-order valence-corrected chi connectivity index (χ3v) is 6.01. The number of aryl methyl sites for hydroxylation is 1. The van der Waals surface area contributed by atoms with E-state index in [0.29, 0.717) is 17.3 Å². The second-order valence-corrected chi connectivity index (χ2v) is 8.46. The molecule has 1 aromatic heterocycles. The van der Waals surface area contributed by atoms with Crippen molar-refractivity contribution in [1.29, 1.82) is 0 Å². The number of amides is 3. The zero-order valence-electron chi connectivity index (χ0n) is 19.0. The number of likely N-dealkylation sites (tertiary alicyclic amines) is 1. The number of aromatic nitrogens is 2. The van der Waals surface area contributed by atoms with Crippen LogP contribution in [0.15, 0.2) is 47.5 Å². The molecule has 9 nitrogen and oxygen atoms in total. The van der Waals surface area contributed by atoms with Gasteiger partial charge in [-0.1, -0.05) is 17.7 Å². The van der Waals surface area contributed by atoms with E-state index in [1.54, 1.807) is 13.0 Å². The summed E-state index contributed by atoms with van der Waals surface area (Å²) >= 11 is 6.16. The van der Waals surface area contributed by atoms with Crippen LogP contribution in [0.3, 0.4) is 0 Å². The van der Waals surface area contributed by atoms with Crippen LogP contribution in [0, 0.1) is 18.6 Å². The first-order valence-electron chi connectivity index (χ1n) is 10.6. The van der Waals surface area contributed by atoms with Crippen molar-refractivity contribution in [2.75, 3.05) is 7.05 Å². The normalized spacial score (nSPS) is 15.4. The van der Waals surface area contributed by atoms with Gasteiger partial charge in [0.2, 0.25) is 11.8 Å². The lowest BCUT2D eigenvalue weighted by molar-refractivity contribution is -0.137. The minimum Gasteiger partial charge on any atom is -0.471 e. The summed E-state index contributed by atoms with van der Waals surface area (Å²) in [5, 5.41) is 2.14. The summed E-state index contributed by atoms with van der Waals surface area (Å²) in [5.41, 5.74) is 0.381. The molecular weight excluding hydrogens is 498 g/mol. The van der Waals surface area contributed by atoms with Gasteiger partial charge in [-0.3, -0.25) is 28.6 Å². The number of carbonyl (C=O) groups is 3. The molecule has 2 heterocycles. The first-order chi connectivity index (χ1) is 17.1. The summed E-state index contributed by atoms with van der Waals surface area (Å²) in [6.07, 6.45) is 1.00. The number of hydrogen-bond acceptors (Lipinski definition) is 6. The molecule has 0 aliphatic carbocycles. The SMILES string of the molecule is Cc1ccc(C(=O)N[C@@H]2CC(=O)N(C)C2=O)cc1-n1cnc(OCc2ccc(F)cc2F)c(Cl)c1=O. The topological polar surface area (TPSA) is 111 Å². The van der Waals surface area contributed by atoms with Gasteiger partial charge in [0.05, 0.1) is 12.1 Å². The highest BCUT2D eigenvalue weighted by Gasteiger charge is 2.37. The lowest BCUT2D eigenvalue weighted by Gasteiger charge is -2.14. The van der Waals surface area contributed by atoms with Gasteiger partial charge in [0.1, 0.15) is 30.6 Å². The Kier molecular flexibility index (Phi) is 6.84. The molecule has 0 unspecified atom stereocenters. The number of nitrogens with zero attached hydrogens (tertiary/aromatic N) is 3. The fourth-order valence-corrected chi connectivity index (χ4v) is 3.79. The van der Waals surface area contributed by atoms with Gasteiger partial charge in [-0.2, -0.15) is 0 Å². The van der Waals surface area contributed by atoms with Gasteiger partial charge < -0.3 is 10.1 Å². The standard InChI is InChI=1S/C24H19ClF2N4O5/c1-12-3-4-13(21(33)29-17-9-19(32)30(2)23(17)34)7-18(12)31-11-28-22(20(25)24(31)35)36-10-14-5-6-15(26)8-16(14)27/h3-8,11,17H,9-10H2,1-2H3,(H,29,33)/t17-/m1/s1. The van der Waals surface area contributed by atoms with Crippen LogP contribution in [0.4, 0.5) is 8.78 Å². The van der Waals surface area contributed by atoms with Crippen LogP contribution in [0.5, 0.6) is 5.88 Å². The smallest absolute Gasteiger partial charge is 0.280 e. The molecule has 1 N–H and O–H groups in total. The Morgan fingerprint density at radius 2 is 1.94 bits per heavy atom. The maximum Gasteiger partial charge on any atom is 0.280 e. The van der Waals surface area contributed by atoms with Crippen molar-refractivity contribution >= 4 is 29.3 Å². The van der Waals surface area contributed by atoms with Crippen LogP contribution < -0.4 is 15.6 Å². The van der Waals surface area contributed by atoms with Crippen molar-refractivity contribution in [3.63, 3.8) is 0 Å². The van der Waals surface area contributed by atoms with E-state index in [-0.39, 0.29) is 35.1 Å². The van der Waals surface area contributed by atoms with Gasteiger partial charge in [-0.25, -0.2) is 13.8 Å². The summed E-state index contributed by atoms with van der Waals surface area (Å²) in [6, 6.07) is 6.53. The van der Waals surface area contributed by atoms with Crippen LogP contribution in [-0.4, -0.2) is 45.3 Å². The summed E-state index contributed by atoms with van der Waals surface area (Å²) < 4.78 is 33.4. The first-order valence-corrected chi connectivity index (χ1v) is 11.0. The molecule has 0 saturated carbocycles. The number of likely N-dealkylation sites (N-methyl/N-ethyl adjacent to an activating group) is 1. The van der Waals surface area contributed by atoms with Crippen molar-refractivity contribution < 1.29 is 27.9 Å². The van der Waals surface area contributed by atoms with Crippen molar-refractivity contribution in [3.05, 3.63) is 86.4 Å². The molecule has 1 saturated heterocycles. The molecule has 4 rings (SSSR count). The quantitative estimate of drug-likeness (QED) is 0.504. The Balaban J connectivity index is 1.57. The Morgan fingerprint density at radius 3 is 2.61 bits per heavy atom. The predicted octanol–water partition coefficient (Wildman–Crippen LogP) is 2.54. The largest absolute Gasteiger partial charge is 0.471 e. The Labute approximate surface area is 208 Å². The van der Waals surface area contributed by atoms with Gasteiger partial charge >= 0.3 is 0 Å². The van der Waals surface area contributed by atoms with Crippen molar-refractivity contribution in [3.8, 4) is 11.6 Å². The van der Waals surface area contributed by atoms with E-state index in [9.17, 15) is 28.0 Å². The molecule has 0 bridgehead atoms. The number of ether oxygens (including phenoxy) is 1. The third kappa shape index (κ3) is 4.82. The Morgan fingerprint density at radius 1 is 1.19 bits per heavy atom. The van der Waals surface area contributed by atoms with E-state index in [1.807, 2.05) is 0 Å². The summed E-state index contributed by atoms with van der Waals surface area (Å²) in [7, 11) is 1.34. The van der Waals surface area contributed by atoms with Crippen LogP contribution in [0.2, 0.25) is 5.02 Å². The highest BCUT2D eigenvalue weighted by molar-refractivity contribution is 6.31. The number of hydrogen-bond donors (Lipinski definition) is 1. The molecule has 0 radical (unpaired) electrons. The summed E-state index contributed by atoms with van der Waals surface area (Å²) in [6.45, 7) is 1.36. The average molecular weight is 517 g/mol. The van der Waals surface area contributed by atoms with Gasteiger partial charge in [-0.05, 0) is 36.8 Å². The number of nitrogens with one attached hydrogen (secondary N) is 1. The summed E-state index contributed by atoms with van der Waals surface area (Å²) in [4.78, 5) is 54.4. The van der Waals surface area contributed by atoms with E-state index in [0.717, 1.165) is 21.9 Å². The van der Waals surface area contributed by atoms with E-state index < -0.39 is 41.0 Å². The highest BCUT2D eigenvalue weighted by Crippen LogP contribution is 2.22. The van der Waals surface area contributed by atoms with Crippen LogP contribution in [0.25, 0.3) is 5.69 Å². The first kappa shape index (κ1) is 25.0. The molecule has 1 fully saturated rings. The molecule has 2 aromatic carbocycles. The van der Waals surface area contributed by atoms with E-state index in [2.05, 4.69) is 10.3 Å². The Hall–Kier alpha value is -4.12. The minimum absolute atomic E-state index is 0.0432. The van der Waals surface area contributed by atoms with E-state index in [1.165, 1.54) is 25.2 Å². The minimum atomic E-state index is -0.971. The van der Waals surface area contributed by atoms with E-state index in [4.69, 9.17) is 16.3 Å². The fourth-order valence-electron chi connectivity index (χ4n) is 3.59. The molecule has 3 amide bonds. The van der Waals surface area contributed by atoms with Crippen LogP contribution in [-0.2, 0) is 16.2 Å². The number of imide groups is 1. The monoisotopic (exact) mass is 516 g/mol. The van der Waals surface area contributed by atoms with E-state index >= 15 is 0 Å². The van der Waals surface area contributed by atoms with Crippen molar-refractivity contribution in [2.45, 2.75) is 26.0 Å². The molecule has 1 atom stereocenters. The van der Waals surface area contributed by atoms with Gasteiger partial charge in [0, 0.05) is 24.2 Å². The lowest BCUT2D eigenvalue weighted by Crippen LogP contribution is -2.40. The Bertz CT molecular complexity index is 1460. The highest BCUT2D eigenvalue weighted by atomic mass is 35.5. The molecule has 12 heteroatoms.